The fourth-order valence-corrected chi connectivity index (χ4v) is 1.33. The molecule has 4 N–H and O–H groups in total. The first-order valence-electron chi connectivity index (χ1n) is 6.47. The Morgan fingerprint density at radius 2 is 0.750 bits per heavy atom. The largest absolute Gasteiger partial charge is 0.394 e. The molecule has 0 unspecified atom stereocenters. The second-order valence-electron chi connectivity index (χ2n) is 5.40. The molecule has 0 rings (SSSR count). The van der Waals surface area contributed by atoms with Crippen LogP contribution in [0.15, 0.2) is 0 Å². The van der Waals surface area contributed by atoms with E-state index in [4.69, 9.17) is 17.5 Å². The van der Waals surface area contributed by atoms with Crippen molar-refractivity contribution < 1.29 is 38.6 Å². The SMILES string of the molecule is CC(C)NC(C)C.CC(C)NC(C)C.O=S(=O)(O)O.[Pt]. The molecule has 0 aliphatic carbocycles. The molecule has 0 fully saturated rings. The van der Waals surface area contributed by atoms with Crippen LogP contribution in [0.25, 0.3) is 0 Å². The topological polar surface area (TPSA) is 98.7 Å². The quantitative estimate of drug-likeness (QED) is 0.446. The Bertz CT molecular complexity index is 247. The summed E-state index contributed by atoms with van der Waals surface area (Å²) in [6.45, 7) is 17.2. The van der Waals surface area contributed by atoms with Crippen LogP contribution < -0.4 is 10.6 Å². The molecule has 0 aromatic heterocycles. The maximum atomic E-state index is 8.74. The van der Waals surface area contributed by atoms with Gasteiger partial charge in [0.15, 0.2) is 0 Å². The zero-order chi connectivity index (χ0) is 16.2. The summed E-state index contributed by atoms with van der Waals surface area (Å²) in [6, 6.07) is 2.50. The van der Waals surface area contributed by atoms with Gasteiger partial charge in [0.25, 0.3) is 0 Å². The van der Waals surface area contributed by atoms with Gasteiger partial charge in [-0.1, -0.05) is 55.4 Å². The third-order valence-corrected chi connectivity index (χ3v) is 1.33. The summed E-state index contributed by atoms with van der Waals surface area (Å²) in [4.78, 5) is 0. The molecule has 0 saturated heterocycles. The molecule has 0 aromatic rings. The smallest absolute Gasteiger partial charge is 0.312 e. The predicted octanol–water partition coefficient (Wildman–Crippen LogP) is 2.13. The van der Waals surface area contributed by atoms with Crippen molar-refractivity contribution in [2.24, 2.45) is 0 Å². The van der Waals surface area contributed by atoms with E-state index in [1.807, 2.05) is 0 Å². The normalized spacial score (nSPS) is 10.7. The number of rotatable bonds is 4. The van der Waals surface area contributed by atoms with Gasteiger partial charge in [-0.15, -0.1) is 0 Å². The fourth-order valence-electron chi connectivity index (χ4n) is 1.33. The average molecular weight is 496 g/mol. The Balaban J connectivity index is -0.0000000952. The predicted molar refractivity (Wildman–Crippen MR) is 81.0 cm³/mol. The summed E-state index contributed by atoms with van der Waals surface area (Å²) in [6.07, 6.45) is 0. The van der Waals surface area contributed by atoms with Gasteiger partial charge in [0.1, 0.15) is 0 Å². The molecule has 8 heteroatoms. The Morgan fingerprint density at radius 3 is 0.750 bits per heavy atom. The summed E-state index contributed by atoms with van der Waals surface area (Å²) in [5, 5.41) is 6.61. The molecule has 0 atom stereocenters. The van der Waals surface area contributed by atoms with E-state index in [9.17, 15) is 0 Å². The van der Waals surface area contributed by atoms with Gasteiger partial charge in [0, 0.05) is 45.2 Å². The van der Waals surface area contributed by atoms with Crippen molar-refractivity contribution in [2.45, 2.75) is 79.6 Å². The molecule has 0 aliphatic heterocycles. The molecule has 0 bridgehead atoms. The molecule has 130 valence electrons. The molecular weight excluding hydrogens is 463 g/mol. The van der Waals surface area contributed by atoms with Crippen LogP contribution in [-0.4, -0.2) is 41.7 Å². The minimum absolute atomic E-state index is 0. The number of nitrogens with one attached hydrogen (secondary N) is 2. The van der Waals surface area contributed by atoms with Gasteiger partial charge in [-0.2, -0.15) is 8.42 Å². The molecule has 0 heterocycles. The van der Waals surface area contributed by atoms with Crippen LogP contribution in [0.2, 0.25) is 0 Å². The third kappa shape index (κ3) is 78.5. The van der Waals surface area contributed by atoms with Crippen molar-refractivity contribution in [1.82, 2.24) is 10.6 Å². The van der Waals surface area contributed by atoms with Gasteiger partial charge in [-0.25, -0.2) is 0 Å². The van der Waals surface area contributed by atoms with Crippen LogP contribution in [0.4, 0.5) is 0 Å². The maximum absolute atomic E-state index is 8.74. The molecule has 0 amide bonds. The Morgan fingerprint density at radius 1 is 0.650 bits per heavy atom. The number of hydrogen-bond acceptors (Lipinski definition) is 4. The van der Waals surface area contributed by atoms with Crippen molar-refractivity contribution in [3.8, 4) is 0 Å². The summed E-state index contributed by atoms with van der Waals surface area (Å²) >= 11 is 0. The summed E-state index contributed by atoms with van der Waals surface area (Å²) in [5.41, 5.74) is 0. The molecule has 0 spiro atoms. The van der Waals surface area contributed by atoms with Gasteiger partial charge in [-0.3, -0.25) is 9.11 Å². The van der Waals surface area contributed by atoms with E-state index >= 15 is 0 Å². The zero-order valence-electron chi connectivity index (χ0n) is 13.7. The summed E-state index contributed by atoms with van der Waals surface area (Å²) in [7, 11) is -4.67. The second-order valence-corrected chi connectivity index (χ2v) is 6.30. The first-order valence-corrected chi connectivity index (χ1v) is 7.87. The van der Waals surface area contributed by atoms with E-state index in [1.54, 1.807) is 0 Å². The van der Waals surface area contributed by atoms with E-state index < -0.39 is 10.4 Å². The number of hydrogen-bond donors (Lipinski definition) is 4. The third-order valence-electron chi connectivity index (χ3n) is 1.33. The maximum Gasteiger partial charge on any atom is 0.394 e. The molecule has 0 radical (unpaired) electrons. The zero-order valence-corrected chi connectivity index (χ0v) is 16.8. The van der Waals surface area contributed by atoms with Gasteiger partial charge in [0.2, 0.25) is 0 Å². The molecule has 6 nitrogen and oxygen atoms in total. The van der Waals surface area contributed by atoms with Crippen molar-refractivity contribution >= 4 is 10.4 Å². The van der Waals surface area contributed by atoms with Gasteiger partial charge >= 0.3 is 10.4 Å². The van der Waals surface area contributed by atoms with E-state index in [0.29, 0.717) is 24.2 Å². The Hall–Kier alpha value is 0.478. The van der Waals surface area contributed by atoms with Crippen LogP contribution >= 0.6 is 0 Å². The van der Waals surface area contributed by atoms with Gasteiger partial charge in [0.05, 0.1) is 0 Å². The van der Waals surface area contributed by atoms with E-state index in [1.165, 1.54) is 0 Å². The van der Waals surface area contributed by atoms with Crippen LogP contribution in [0.1, 0.15) is 55.4 Å². The van der Waals surface area contributed by atoms with Gasteiger partial charge in [-0.05, 0) is 0 Å². The summed E-state index contributed by atoms with van der Waals surface area (Å²) in [5.74, 6) is 0. The van der Waals surface area contributed by atoms with Crippen molar-refractivity contribution in [3.05, 3.63) is 0 Å². The van der Waals surface area contributed by atoms with Crippen LogP contribution in [0.3, 0.4) is 0 Å². The van der Waals surface area contributed by atoms with Crippen LogP contribution in [0, 0.1) is 0 Å². The molecule has 0 aliphatic rings. The average Bonchev–Trinajstić information content (AvgIpc) is 1.93. The van der Waals surface area contributed by atoms with Crippen LogP contribution in [-0.2, 0) is 31.5 Å². The van der Waals surface area contributed by atoms with Crippen molar-refractivity contribution in [3.63, 3.8) is 0 Å². The first kappa shape index (κ1) is 28.6. The minimum atomic E-state index is -4.67. The second kappa shape index (κ2) is 15.9. The minimum Gasteiger partial charge on any atom is -0.312 e. The van der Waals surface area contributed by atoms with Crippen LogP contribution in [0.5, 0.6) is 0 Å². The Kier molecular flexibility index (Phi) is 22.7. The molecule has 0 saturated carbocycles. The Labute approximate surface area is 139 Å². The first-order chi connectivity index (χ1) is 8.25. The standard InChI is InChI=1S/2C6H15N.H2O4S.Pt/c2*1-5(2)7-6(3)4;1-5(2,3)4;/h2*5-7H,1-4H3;(H2,1,2,3,4);. The van der Waals surface area contributed by atoms with E-state index in [2.05, 4.69) is 66.0 Å². The van der Waals surface area contributed by atoms with Gasteiger partial charge < -0.3 is 10.6 Å². The van der Waals surface area contributed by atoms with E-state index in [0.717, 1.165) is 0 Å². The molecular formula is C12H32N2O4PtS. The van der Waals surface area contributed by atoms with Crippen molar-refractivity contribution in [2.75, 3.05) is 0 Å². The monoisotopic (exact) mass is 495 g/mol. The van der Waals surface area contributed by atoms with Crippen molar-refractivity contribution in [1.29, 1.82) is 0 Å². The fraction of sp³-hybridized carbons (Fsp3) is 1.00. The molecule has 20 heavy (non-hydrogen) atoms. The van der Waals surface area contributed by atoms with E-state index in [-0.39, 0.29) is 21.1 Å². The summed E-state index contributed by atoms with van der Waals surface area (Å²) < 4.78 is 31.6. The molecule has 0 aromatic carbocycles.